The van der Waals surface area contributed by atoms with Crippen molar-refractivity contribution in [2.24, 2.45) is 0 Å². The van der Waals surface area contributed by atoms with Gasteiger partial charge in [-0.25, -0.2) is 4.79 Å². The summed E-state index contributed by atoms with van der Waals surface area (Å²) >= 11 is 0. The molecule has 0 aliphatic heterocycles. The lowest BCUT2D eigenvalue weighted by atomic mass is 10.2. The zero-order chi connectivity index (χ0) is 14.9. The van der Waals surface area contributed by atoms with Crippen molar-refractivity contribution in [3.63, 3.8) is 0 Å². The maximum absolute atomic E-state index is 12.2. The molecule has 0 fully saturated rings. The van der Waals surface area contributed by atoms with Crippen LogP contribution in [0.5, 0.6) is 5.75 Å². The predicted octanol–water partition coefficient (Wildman–Crippen LogP) is 2.93. The van der Waals surface area contributed by atoms with Crippen LogP contribution in [0.4, 0.5) is 4.79 Å². The Hall–Kier alpha value is -2.01. The molecule has 0 aliphatic carbocycles. The molecule has 20 heavy (non-hydrogen) atoms. The molecule has 0 saturated heterocycles. The van der Waals surface area contributed by atoms with Gasteiger partial charge in [0, 0.05) is 17.1 Å². The lowest BCUT2D eigenvalue weighted by Gasteiger charge is -2.19. The molecule has 108 valence electrons. The topological polar surface area (TPSA) is 60.7 Å². The largest absolute Gasteiger partial charge is 0.497 e. The van der Waals surface area contributed by atoms with Crippen LogP contribution in [0, 0.1) is 0 Å². The Morgan fingerprint density at radius 2 is 2.05 bits per heavy atom. The van der Waals surface area contributed by atoms with Gasteiger partial charge in [-0.05, 0) is 39.0 Å². The highest BCUT2D eigenvalue weighted by atomic mass is 16.6. The molecule has 1 aromatic heterocycles. The molecule has 0 amide bonds. The van der Waals surface area contributed by atoms with Crippen LogP contribution < -0.4 is 4.74 Å². The second-order valence-electron chi connectivity index (χ2n) is 5.55. The van der Waals surface area contributed by atoms with Crippen LogP contribution in [-0.4, -0.2) is 28.5 Å². The minimum atomic E-state index is -0.570. The number of benzene rings is 1. The summed E-state index contributed by atoms with van der Waals surface area (Å²) in [4.78, 5) is 12.2. The van der Waals surface area contributed by atoms with Gasteiger partial charge in [0.1, 0.15) is 11.4 Å². The number of rotatable bonds is 2. The van der Waals surface area contributed by atoms with Gasteiger partial charge in [0.05, 0.1) is 19.2 Å². The first kappa shape index (κ1) is 14.4. The smallest absolute Gasteiger partial charge is 0.419 e. The number of aliphatic hydroxyl groups excluding tert-OH is 1. The van der Waals surface area contributed by atoms with Crippen molar-refractivity contribution in [1.29, 1.82) is 0 Å². The van der Waals surface area contributed by atoms with Gasteiger partial charge in [-0.2, -0.15) is 0 Å². The zero-order valence-electron chi connectivity index (χ0n) is 12.1. The van der Waals surface area contributed by atoms with E-state index < -0.39 is 11.7 Å². The first-order chi connectivity index (χ1) is 9.35. The standard InChI is InChI=1S/C15H19NO4/c1-15(2,3)20-14(18)16-8-10(9-17)12-7-11(19-4)5-6-13(12)16/h5-8,17H,9H2,1-4H3. The highest BCUT2D eigenvalue weighted by molar-refractivity contribution is 5.92. The van der Waals surface area contributed by atoms with E-state index in [4.69, 9.17) is 9.47 Å². The van der Waals surface area contributed by atoms with Crippen LogP contribution in [0.3, 0.4) is 0 Å². The molecule has 0 radical (unpaired) electrons. The molecule has 0 unspecified atom stereocenters. The quantitative estimate of drug-likeness (QED) is 0.916. The molecule has 5 heteroatoms. The summed E-state index contributed by atoms with van der Waals surface area (Å²) in [6, 6.07) is 5.34. The molecule has 2 rings (SSSR count). The molecule has 1 aromatic carbocycles. The van der Waals surface area contributed by atoms with Crippen LogP contribution in [-0.2, 0) is 11.3 Å². The second kappa shape index (κ2) is 5.17. The Kier molecular flexibility index (Phi) is 3.72. The highest BCUT2D eigenvalue weighted by Crippen LogP contribution is 2.27. The van der Waals surface area contributed by atoms with E-state index in [0.717, 1.165) is 5.39 Å². The Morgan fingerprint density at radius 3 is 2.60 bits per heavy atom. The SMILES string of the molecule is COc1ccc2c(c1)c(CO)cn2C(=O)OC(C)(C)C. The van der Waals surface area contributed by atoms with Gasteiger partial charge in [-0.1, -0.05) is 0 Å². The first-order valence-corrected chi connectivity index (χ1v) is 6.38. The summed E-state index contributed by atoms with van der Waals surface area (Å²) < 4.78 is 11.9. The van der Waals surface area contributed by atoms with Crippen LogP contribution in [0.25, 0.3) is 10.9 Å². The lowest BCUT2D eigenvalue weighted by Crippen LogP contribution is -2.26. The van der Waals surface area contributed by atoms with E-state index in [0.29, 0.717) is 16.8 Å². The van der Waals surface area contributed by atoms with E-state index >= 15 is 0 Å². The van der Waals surface area contributed by atoms with Crippen molar-refractivity contribution >= 4 is 17.0 Å². The minimum Gasteiger partial charge on any atom is -0.497 e. The van der Waals surface area contributed by atoms with Crippen molar-refractivity contribution in [3.8, 4) is 5.75 Å². The summed E-state index contributed by atoms with van der Waals surface area (Å²) in [5.41, 5.74) is 0.772. The number of hydrogen-bond donors (Lipinski definition) is 1. The van der Waals surface area contributed by atoms with Gasteiger partial charge in [0.25, 0.3) is 0 Å². The van der Waals surface area contributed by atoms with Crippen molar-refractivity contribution < 1.29 is 19.4 Å². The third-order valence-electron chi connectivity index (χ3n) is 2.85. The van der Waals surface area contributed by atoms with Crippen LogP contribution in [0.1, 0.15) is 26.3 Å². The van der Waals surface area contributed by atoms with Gasteiger partial charge < -0.3 is 14.6 Å². The highest BCUT2D eigenvalue weighted by Gasteiger charge is 2.20. The maximum atomic E-state index is 12.2. The van der Waals surface area contributed by atoms with E-state index in [1.165, 1.54) is 4.57 Å². The number of fused-ring (bicyclic) bond motifs is 1. The number of hydrogen-bond acceptors (Lipinski definition) is 4. The first-order valence-electron chi connectivity index (χ1n) is 6.38. The number of carbonyl (C=O) groups excluding carboxylic acids is 1. The third kappa shape index (κ3) is 2.77. The van der Waals surface area contributed by atoms with Crippen LogP contribution in [0.2, 0.25) is 0 Å². The summed E-state index contributed by atoms with van der Waals surface area (Å²) in [5.74, 6) is 0.675. The fourth-order valence-corrected chi connectivity index (χ4v) is 1.99. The number of aliphatic hydroxyl groups is 1. The normalized spacial score (nSPS) is 11.7. The average Bonchev–Trinajstić information content (AvgIpc) is 2.74. The van der Waals surface area contributed by atoms with E-state index in [-0.39, 0.29) is 6.61 Å². The third-order valence-corrected chi connectivity index (χ3v) is 2.85. The Balaban J connectivity index is 2.52. The van der Waals surface area contributed by atoms with Gasteiger partial charge in [-0.3, -0.25) is 4.57 Å². The summed E-state index contributed by atoms with van der Waals surface area (Å²) in [6.45, 7) is 5.28. The monoisotopic (exact) mass is 277 g/mol. The molecule has 0 bridgehead atoms. The van der Waals surface area contributed by atoms with E-state index in [9.17, 15) is 9.90 Å². The Labute approximate surface area is 117 Å². The Morgan fingerprint density at radius 1 is 1.35 bits per heavy atom. The van der Waals surface area contributed by atoms with Gasteiger partial charge in [0.2, 0.25) is 0 Å². The lowest BCUT2D eigenvalue weighted by molar-refractivity contribution is 0.0544. The van der Waals surface area contributed by atoms with E-state index in [1.54, 1.807) is 31.5 Å². The maximum Gasteiger partial charge on any atom is 0.419 e. The molecule has 1 heterocycles. The molecule has 0 spiro atoms. The van der Waals surface area contributed by atoms with Crippen molar-refractivity contribution in [2.75, 3.05) is 7.11 Å². The summed E-state index contributed by atoms with van der Waals surface area (Å²) in [5, 5.41) is 10.2. The molecule has 0 atom stereocenters. The Bertz CT molecular complexity index is 637. The zero-order valence-corrected chi connectivity index (χ0v) is 12.1. The van der Waals surface area contributed by atoms with Gasteiger partial charge >= 0.3 is 6.09 Å². The fourth-order valence-electron chi connectivity index (χ4n) is 1.99. The van der Waals surface area contributed by atoms with Crippen molar-refractivity contribution in [1.82, 2.24) is 4.57 Å². The molecule has 0 saturated carbocycles. The molecule has 1 N–H and O–H groups in total. The number of ether oxygens (including phenoxy) is 2. The van der Waals surface area contributed by atoms with Crippen molar-refractivity contribution in [3.05, 3.63) is 30.0 Å². The van der Waals surface area contributed by atoms with Crippen molar-refractivity contribution in [2.45, 2.75) is 33.0 Å². The van der Waals surface area contributed by atoms with E-state index in [2.05, 4.69) is 0 Å². The molecular weight excluding hydrogens is 258 g/mol. The molecule has 2 aromatic rings. The molecule has 0 aliphatic rings. The molecular formula is C15H19NO4. The molecule has 5 nitrogen and oxygen atoms in total. The van der Waals surface area contributed by atoms with Crippen LogP contribution in [0.15, 0.2) is 24.4 Å². The fraction of sp³-hybridized carbons (Fsp3) is 0.400. The predicted molar refractivity (Wildman–Crippen MR) is 76.0 cm³/mol. The summed E-state index contributed by atoms with van der Waals surface area (Å²) in [6.07, 6.45) is 1.13. The van der Waals surface area contributed by atoms with E-state index in [1.807, 2.05) is 20.8 Å². The number of nitrogens with zero attached hydrogens (tertiary/aromatic N) is 1. The number of aromatic nitrogens is 1. The summed E-state index contributed by atoms with van der Waals surface area (Å²) in [7, 11) is 1.57. The van der Waals surface area contributed by atoms with Gasteiger partial charge in [0.15, 0.2) is 0 Å². The second-order valence-corrected chi connectivity index (χ2v) is 5.55. The van der Waals surface area contributed by atoms with Crippen LogP contribution >= 0.6 is 0 Å². The number of methoxy groups -OCH3 is 1. The average molecular weight is 277 g/mol. The number of carbonyl (C=O) groups is 1. The minimum absolute atomic E-state index is 0.153. The van der Waals surface area contributed by atoms with Gasteiger partial charge in [-0.15, -0.1) is 0 Å².